The molecule has 0 aliphatic carbocycles. The largest absolute Gasteiger partial charge is 0.361 e. The minimum absolute atomic E-state index is 0.205. The molecule has 0 saturated carbocycles. The summed E-state index contributed by atoms with van der Waals surface area (Å²) in [5.41, 5.74) is 4.81. The van der Waals surface area contributed by atoms with Gasteiger partial charge in [-0.25, -0.2) is 14.8 Å². The first-order chi connectivity index (χ1) is 15.1. The molecular formula is C24H21N5O2. The highest BCUT2D eigenvalue weighted by atomic mass is 16.2. The number of nitrogens with one attached hydrogen (secondary N) is 2. The maximum absolute atomic E-state index is 13.1. The average molecular weight is 411 g/mol. The predicted octanol–water partition coefficient (Wildman–Crippen LogP) is 3.85. The lowest BCUT2D eigenvalue weighted by Gasteiger charge is -2.22. The van der Waals surface area contributed by atoms with Gasteiger partial charge in [-0.05, 0) is 29.7 Å². The number of imide groups is 1. The van der Waals surface area contributed by atoms with Crippen LogP contribution in [0.25, 0.3) is 22.0 Å². The molecule has 0 spiro atoms. The Kier molecular flexibility index (Phi) is 4.71. The molecule has 0 radical (unpaired) electrons. The van der Waals surface area contributed by atoms with Gasteiger partial charge in [0.15, 0.2) is 0 Å². The number of benzene rings is 2. The Hall–Kier alpha value is -4.00. The van der Waals surface area contributed by atoms with Crippen molar-refractivity contribution < 1.29 is 9.59 Å². The number of carbonyl (C=O) groups excluding carboxylic acids is 2. The first kappa shape index (κ1) is 19.0. The number of carbonyl (C=O) groups is 2. The van der Waals surface area contributed by atoms with Gasteiger partial charge in [0, 0.05) is 41.5 Å². The summed E-state index contributed by atoms with van der Waals surface area (Å²) in [6.07, 6.45) is 7.34. The highest BCUT2D eigenvalue weighted by molar-refractivity contribution is 6.05. The Balaban J connectivity index is 1.34. The van der Waals surface area contributed by atoms with Crippen LogP contribution in [0.1, 0.15) is 24.1 Å². The zero-order chi connectivity index (χ0) is 21.4. The van der Waals surface area contributed by atoms with Crippen LogP contribution in [0.4, 0.5) is 4.79 Å². The van der Waals surface area contributed by atoms with Crippen LogP contribution in [0.5, 0.6) is 0 Å². The topological polar surface area (TPSA) is 91.0 Å². The van der Waals surface area contributed by atoms with Crippen LogP contribution in [0, 0.1) is 0 Å². The first-order valence-corrected chi connectivity index (χ1v) is 10.2. The summed E-state index contributed by atoms with van der Waals surface area (Å²) in [5, 5.41) is 3.92. The number of urea groups is 1. The molecule has 4 aromatic rings. The van der Waals surface area contributed by atoms with Crippen LogP contribution in [0.15, 0.2) is 73.4 Å². The van der Waals surface area contributed by atoms with Crippen molar-refractivity contribution in [2.75, 3.05) is 0 Å². The molecule has 3 amide bonds. The summed E-state index contributed by atoms with van der Waals surface area (Å²) < 4.78 is 0. The van der Waals surface area contributed by atoms with E-state index in [4.69, 9.17) is 0 Å². The maximum Gasteiger partial charge on any atom is 0.325 e. The number of hydrogen-bond acceptors (Lipinski definition) is 4. The van der Waals surface area contributed by atoms with Crippen molar-refractivity contribution in [3.63, 3.8) is 0 Å². The van der Waals surface area contributed by atoms with Crippen molar-refractivity contribution in [3.8, 4) is 11.1 Å². The van der Waals surface area contributed by atoms with E-state index in [9.17, 15) is 9.59 Å². The number of para-hydroxylation sites is 1. The Morgan fingerprint density at radius 2 is 1.74 bits per heavy atom. The van der Waals surface area contributed by atoms with E-state index in [-0.39, 0.29) is 18.0 Å². The summed E-state index contributed by atoms with van der Waals surface area (Å²) in [7, 11) is 0. The van der Waals surface area contributed by atoms with Gasteiger partial charge in [0.1, 0.15) is 12.4 Å². The summed E-state index contributed by atoms with van der Waals surface area (Å²) in [6.45, 7) is 1.87. The zero-order valence-corrected chi connectivity index (χ0v) is 16.9. The summed E-state index contributed by atoms with van der Waals surface area (Å²) in [5.74, 6) is -0.205. The second-order valence-corrected chi connectivity index (χ2v) is 7.70. The molecule has 31 heavy (non-hydrogen) atoms. The summed E-state index contributed by atoms with van der Waals surface area (Å²) >= 11 is 0. The monoisotopic (exact) mass is 411 g/mol. The number of amides is 3. The van der Waals surface area contributed by atoms with E-state index in [2.05, 4.69) is 20.3 Å². The number of nitrogens with zero attached hydrogens (tertiary/aromatic N) is 3. The Morgan fingerprint density at radius 1 is 1.00 bits per heavy atom. The van der Waals surface area contributed by atoms with Crippen LogP contribution in [-0.4, -0.2) is 37.8 Å². The molecule has 2 aromatic heterocycles. The normalized spacial score (nSPS) is 17.2. The van der Waals surface area contributed by atoms with Crippen LogP contribution in [0.2, 0.25) is 0 Å². The van der Waals surface area contributed by atoms with Gasteiger partial charge in [-0.15, -0.1) is 0 Å². The molecule has 1 unspecified atom stereocenters. The lowest BCUT2D eigenvalue weighted by Crippen LogP contribution is -2.34. The number of fused-ring (bicyclic) bond motifs is 1. The van der Waals surface area contributed by atoms with E-state index in [1.165, 1.54) is 11.2 Å². The van der Waals surface area contributed by atoms with Crippen molar-refractivity contribution in [1.82, 2.24) is 25.2 Å². The van der Waals surface area contributed by atoms with E-state index in [1.807, 2.05) is 61.7 Å². The molecule has 7 heteroatoms. The molecule has 0 bridgehead atoms. The third-order valence-electron chi connectivity index (χ3n) is 5.83. The smallest absolute Gasteiger partial charge is 0.325 e. The van der Waals surface area contributed by atoms with E-state index in [1.54, 1.807) is 12.4 Å². The summed E-state index contributed by atoms with van der Waals surface area (Å²) in [6, 6.07) is 14.4. The van der Waals surface area contributed by atoms with Crippen LogP contribution >= 0.6 is 0 Å². The van der Waals surface area contributed by atoms with Gasteiger partial charge in [0.25, 0.3) is 5.91 Å². The Morgan fingerprint density at radius 3 is 2.52 bits per heavy atom. The van der Waals surface area contributed by atoms with Crippen molar-refractivity contribution in [1.29, 1.82) is 0 Å². The van der Waals surface area contributed by atoms with Crippen molar-refractivity contribution in [2.24, 2.45) is 0 Å². The van der Waals surface area contributed by atoms with Gasteiger partial charge in [0.05, 0.1) is 6.04 Å². The lowest BCUT2D eigenvalue weighted by atomic mass is 10.0. The van der Waals surface area contributed by atoms with Crippen molar-refractivity contribution in [2.45, 2.75) is 25.4 Å². The third kappa shape index (κ3) is 3.44. The summed E-state index contributed by atoms with van der Waals surface area (Å²) in [4.78, 5) is 38.4. The molecular weight excluding hydrogens is 390 g/mol. The highest BCUT2D eigenvalue weighted by Crippen LogP contribution is 2.28. The molecule has 3 heterocycles. The average Bonchev–Trinajstić information content (AvgIpc) is 3.34. The fraction of sp³-hybridized carbons (Fsp3) is 0.167. The van der Waals surface area contributed by atoms with Crippen LogP contribution in [0.3, 0.4) is 0 Å². The Bertz CT molecular complexity index is 1250. The molecule has 2 atom stereocenters. The molecule has 1 saturated heterocycles. The second kappa shape index (κ2) is 7.68. The maximum atomic E-state index is 13.1. The number of H-pyrrole nitrogens is 1. The second-order valence-electron chi connectivity index (χ2n) is 7.70. The molecule has 2 aromatic carbocycles. The highest BCUT2D eigenvalue weighted by Gasteiger charge is 2.41. The molecule has 2 N–H and O–H groups in total. The number of aromatic nitrogens is 3. The van der Waals surface area contributed by atoms with Gasteiger partial charge in [0.2, 0.25) is 0 Å². The van der Waals surface area contributed by atoms with Gasteiger partial charge >= 0.3 is 6.03 Å². The van der Waals surface area contributed by atoms with Gasteiger partial charge in [-0.1, -0.05) is 42.5 Å². The molecule has 5 rings (SSSR count). The van der Waals surface area contributed by atoms with Gasteiger partial charge in [-0.2, -0.15) is 0 Å². The number of hydrogen-bond donors (Lipinski definition) is 2. The quantitative estimate of drug-likeness (QED) is 0.488. The first-order valence-electron chi connectivity index (χ1n) is 10.2. The standard InChI is InChI=1S/C24H21N5O2/c1-15(16-6-8-17(9-7-16)19-11-25-14-26-12-19)29-23(30)22(28-24(29)31)10-18-13-27-21-5-3-2-4-20(18)21/h2-9,11-15,22,27H,10H2,1H3,(H,28,31)/t15?,22-/m0/s1. The predicted molar refractivity (Wildman–Crippen MR) is 117 cm³/mol. The third-order valence-corrected chi connectivity index (χ3v) is 5.83. The fourth-order valence-corrected chi connectivity index (χ4v) is 4.13. The lowest BCUT2D eigenvalue weighted by molar-refractivity contribution is -0.128. The number of rotatable bonds is 5. The van der Waals surface area contributed by atoms with Crippen molar-refractivity contribution in [3.05, 3.63) is 84.6 Å². The fourth-order valence-electron chi connectivity index (χ4n) is 4.13. The molecule has 7 nitrogen and oxygen atoms in total. The minimum Gasteiger partial charge on any atom is -0.361 e. The van der Waals surface area contributed by atoms with E-state index in [0.717, 1.165) is 33.2 Å². The zero-order valence-electron chi connectivity index (χ0n) is 16.9. The van der Waals surface area contributed by atoms with E-state index in [0.29, 0.717) is 6.42 Å². The number of aromatic amines is 1. The molecule has 1 aliphatic heterocycles. The van der Waals surface area contributed by atoms with E-state index >= 15 is 0 Å². The Labute approximate surface area is 179 Å². The molecule has 1 aliphatic rings. The van der Waals surface area contributed by atoms with Crippen molar-refractivity contribution >= 4 is 22.8 Å². The van der Waals surface area contributed by atoms with Gasteiger partial charge in [-0.3, -0.25) is 9.69 Å². The minimum atomic E-state index is -0.574. The van der Waals surface area contributed by atoms with Crippen LogP contribution in [-0.2, 0) is 11.2 Å². The SMILES string of the molecule is CC(c1ccc(-c2cncnc2)cc1)N1C(=O)N[C@@H](Cc2c[nH]c3ccccc23)C1=O. The van der Waals surface area contributed by atoms with Gasteiger partial charge < -0.3 is 10.3 Å². The molecule has 154 valence electrons. The van der Waals surface area contributed by atoms with Crippen LogP contribution < -0.4 is 5.32 Å². The molecule has 1 fully saturated rings. The van der Waals surface area contributed by atoms with E-state index < -0.39 is 6.04 Å².